The molecule has 1 heteroatoms. The van der Waals surface area contributed by atoms with E-state index in [0.29, 0.717) is 5.92 Å². The van der Waals surface area contributed by atoms with Gasteiger partial charge in [0.2, 0.25) is 0 Å². The van der Waals surface area contributed by atoms with Crippen molar-refractivity contribution >= 4 is 6.29 Å². The second-order valence-electron chi connectivity index (χ2n) is 4.53. The summed E-state index contributed by atoms with van der Waals surface area (Å²) < 4.78 is 0. The maximum absolute atomic E-state index is 11.0. The number of carbonyl (C=O) groups excluding carboxylic acids is 1. The standard InChI is InChI=1S/C14H18O/c1-11-6-5-9-13(10-15)14(11)12-7-3-2-4-8-12/h5-6,9-10,12H,2-4,7-8H2,1H3. The molecule has 2 rings (SSSR count). The van der Waals surface area contributed by atoms with Crippen molar-refractivity contribution in [1.29, 1.82) is 0 Å². The van der Waals surface area contributed by atoms with Gasteiger partial charge >= 0.3 is 0 Å². The average Bonchev–Trinajstić information content (AvgIpc) is 2.29. The zero-order chi connectivity index (χ0) is 10.7. The number of rotatable bonds is 2. The van der Waals surface area contributed by atoms with Crippen LogP contribution in [0.4, 0.5) is 0 Å². The molecule has 0 atom stereocenters. The van der Waals surface area contributed by atoms with Crippen LogP contribution in [0.3, 0.4) is 0 Å². The van der Waals surface area contributed by atoms with Crippen molar-refractivity contribution in [2.24, 2.45) is 0 Å². The molecular weight excluding hydrogens is 184 g/mol. The Kier molecular flexibility index (Phi) is 3.20. The van der Waals surface area contributed by atoms with Gasteiger partial charge in [-0.2, -0.15) is 0 Å². The van der Waals surface area contributed by atoms with Gasteiger partial charge in [-0.1, -0.05) is 37.5 Å². The Hall–Kier alpha value is -1.11. The molecule has 0 amide bonds. The van der Waals surface area contributed by atoms with E-state index in [-0.39, 0.29) is 0 Å². The van der Waals surface area contributed by atoms with Crippen LogP contribution in [0.2, 0.25) is 0 Å². The number of benzene rings is 1. The number of hydrogen-bond donors (Lipinski definition) is 0. The summed E-state index contributed by atoms with van der Waals surface area (Å²) in [7, 11) is 0. The van der Waals surface area contributed by atoms with E-state index in [1.54, 1.807) is 0 Å². The van der Waals surface area contributed by atoms with Crippen molar-refractivity contribution in [3.05, 3.63) is 34.9 Å². The van der Waals surface area contributed by atoms with Crippen molar-refractivity contribution in [1.82, 2.24) is 0 Å². The normalized spacial score (nSPS) is 17.7. The van der Waals surface area contributed by atoms with E-state index in [4.69, 9.17) is 0 Å². The van der Waals surface area contributed by atoms with Gasteiger partial charge in [-0.25, -0.2) is 0 Å². The van der Waals surface area contributed by atoms with E-state index in [0.717, 1.165) is 11.8 Å². The van der Waals surface area contributed by atoms with Gasteiger partial charge in [0.1, 0.15) is 6.29 Å². The molecule has 0 unspecified atom stereocenters. The van der Waals surface area contributed by atoms with Crippen LogP contribution in [0.15, 0.2) is 18.2 Å². The van der Waals surface area contributed by atoms with Crippen LogP contribution in [-0.2, 0) is 0 Å². The van der Waals surface area contributed by atoms with Crippen molar-refractivity contribution in [2.45, 2.75) is 44.9 Å². The molecule has 1 fully saturated rings. The lowest BCUT2D eigenvalue weighted by Crippen LogP contribution is -2.09. The van der Waals surface area contributed by atoms with Crippen LogP contribution in [0.1, 0.15) is 59.5 Å². The minimum absolute atomic E-state index is 0.625. The van der Waals surface area contributed by atoms with Crippen molar-refractivity contribution in [2.75, 3.05) is 0 Å². The summed E-state index contributed by atoms with van der Waals surface area (Å²) in [6.07, 6.45) is 7.52. The summed E-state index contributed by atoms with van der Waals surface area (Å²) in [5, 5.41) is 0. The third kappa shape index (κ3) is 2.11. The van der Waals surface area contributed by atoms with Gasteiger partial charge in [0, 0.05) is 5.56 Å². The average molecular weight is 202 g/mol. The number of aldehydes is 1. The highest BCUT2D eigenvalue weighted by atomic mass is 16.1. The van der Waals surface area contributed by atoms with E-state index in [1.165, 1.54) is 43.2 Å². The second-order valence-corrected chi connectivity index (χ2v) is 4.53. The first-order valence-electron chi connectivity index (χ1n) is 5.87. The van der Waals surface area contributed by atoms with Crippen LogP contribution in [0, 0.1) is 6.92 Å². The summed E-state index contributed by atoms with van der Waals surface area (Å²) in [5.41, 5.74) is 3.50. The van der Waals surface area contributed by atoms with E-state index in [9.17, 15) is 4.79 Å². The first-order valence-corrected chi connectivity index (χ1v) is 5.87. The first-order chi connectivity index (χ1) is 7.33. The van der Waals surface area contributed by atoms with Gasteiger partial charge in [-0.15, -0.1) is 0 Å². The zero-order valence-corrected chi connectivity index (χ0v) is 9.33. The quantitative estimate of drug-likeness (QED) is 0.666. The molecule has 0 radical (unpaired) electrons. The predicted octanol–water partition coefficient (Wildman–Crippen LogP) is 3.86. The van der Waals surface area contributed by atoms with Crippen molar-refractivity contribution < 1.29 is 4.79 Å². The molecule has 15 heavy (non-hydrogen) atoms. The van der Waals surface area contributed by atoms with Gasteiger partial charge < -0.3 is 0 Å². The smallest absolute Gasteiger partial charge is 0.150 e. The Labute approximate surface area is 91.5 Å². The zero-order valence-electron chi connectivity index (χ0n) is 9.33. The van der Waals surface area contributed by atoms with Gasteiger partial charge in [0.05, 0.1) is 0 Å². The summed E-state index contributed by atoms with van der Waals surface area (Å²) in [5.74, 6) is 0.625. The molecule has 1 aliphatic carbocycles. The molecule has 0 aliphatic heterocycles. The number of aryl methyl sites for hydroxylation is 1. The van der Waals surface area contributed by atoms with E-state index < -0.39 is 0 Å². The molecule has 0 bridgehead atoms. The van der Waals surface area contributed by atoms with Gasteiger partial charge in [-0.05, 0) is 36.8 Å². The lowest BCUT2D eigenvalue weighted by molar-refractivity contribution is 0.112. The van der Waals surface area contributed by atoms with E-state index in [1.807, 2.05) is 12.1 Å². The summed E-state index contributed by atoms with van der Waals surface area (Å²) in [6.45, 7) is 2.12. The fourth-order valence-electron chi connectivity index (χ4n) is 2.76. The van der Waals surface area contributed by atoms with Crippen LogP contribution in [0.25, 0.3) is 0 Å². The highest BCUT2D eigenvalue weighted by Crippen LogP contribution is 2.35. The molecular formula is C14H18O. The molecule has 1 saturated carbocycles. The number of hydrogen-bond acceptors (Lipinski definition) is 1. The largest absolute Gasteiger partial charge is 0.298 e. The van der Waals surface area contributed by atoms with Crippen LogP contribution < -0.4 is 0 Å². The lowest BCUT2D eigenvalue weighted by Gasteiger charge is -2.24. The van der Waals surface area contributed by atoms with Gasteiger partial charge in [-0.3, -0.25) is 4.79 Å². The molecule has 80 valence electrons. The van der Waals surface area contributed by atoms with Crippen LogP contribution in [-0.4, -0.2) is 6.29 Å². The first kappa shape index (κ1) is 10.4. The minimum atomic E-state index is 0.625. The Morgan fingerprint density at radius 3 is 2.60 bits per heavy atom. The Morgan fingerprint density at radius 1 is 1.20 bits per heavy atom. The fraction of sp³-hybridized carbons (Fsp3) is 0.500. The monoisotopic (exact) mass is 202 g/mol. The summed E-state index contributed by atoms with van der Waals surface area (Å²) >= 11 is 0. The highest BCUT2D eigenvalue weighted by molar-refractivity contribution is 5.78. The minimum Gasteiger partial charge on any atom is -0.298 e. The third-order valence-corrected chi connectivity index (χ3v) is 3.50. The number of carbonyl (C=O) groups is 1. The third-order valence-electron chi connectivity index (χ3n) is 3.50. The molecule has 0 spiro atoms. The molecule has 0 N–H and O–H groups in total. The molecule has 0 heterocycles. The highest BCUT2D eigenvalue weighted by Gasteiger charge is 2.19. The van der Waals surface area contributed by atoms with Gasteiger partial charge in [0.25, 0.3) is 0 Å². The van der Waals surface area contributed by atoms with Crippen LogP contribution in [0.5, 0.6) is 0 Å². The van der Waals surface area contributed by atoms with Crippen molar-refractivity contribution in [3.63, 3.8) is 0 Å². The molecule has 1 aromatic carbocycles. The summed E-state index contributed by atoms with van der Waals surface area (Å²) in [6, 6.07) is 6.05. The summed E-state index contributed by atoms with van der Waals surface area (Å²) in [4.78, 5) is 11.0. The molecule has 0 aromatic heterocycles. The van der Waals surface area contributed by atoms with Crippen LogP contribution >= 0.6 is 0 Å². The SMILES string of the molecule is Cc1cccc(C=O)c1C1CCCCC1. The van der Waals surface area contributed by atoms with E-state index in [2.05, 4.69) is 13.0 Å². The molecule has 1 aromatic rings. The molecule has 1 aliphatic rings. The second kappa shape index (κ2) is 4.61. The lowest BCUT2D eigenvalue weighted by atomic mass is 9.80. The van der Waals surface area contributed by atoms with Gasteiger partial charge in [0.15, 0.2) is 0 Å². The van der Waals surface area contributed by atoms with Crippen molar-refractivity contribution in [3.8, 4) is 0 Å². The van der Waals surface area contributed by atoms with E-state index >= 15 is 0 Å². The maximum Gasteiger partial charge on any atom is 0.150 e. The molecule has 1 nitrogen and oxygen atoms in total. The predicted molar refractivity (Wildman–Crippen MR) is 62.4 cm³/mol. The fourth-order valence-corrected chi connectivity index (χ4v) is 2.76. The Morgan fingerprint density at radius 2 is 1.93 bits per heavy atom. The topological polar surface area (TPSA) is 17.1 Å². The maximum atomic E-state index is 11.0. The Balaban J connectivity index is 2.35. The molecule has 0 saturated heterocycles. The Bertz CT molecular complexity index is 348.